The Hall–Kier alpha value is -1.19. The normalized spacial score (nSPS) is 15.4. The molecule has 3 rings (SSSR count). The third-order valence-corrected chi connectivity index (χ3v) is 3.73. The Morgan fingerprint density at radius 3 is 2.94 bits per heavy atom. The molecule has 0 bridgehead atoms. The summed E-state index contributed by atoms with van der Waals surface area (Å²) < 4.78 is 5.84. The largest absolute Gasteiger partial charge is 0.478 e. The summed E-state index contributed by atoms with van der Waals surface area (Å²) >= 11 is 4.27. The number of ether oxygens (including phenoxy) is 1. The van der Waals surface area contributed by atoms with E-state index in [-0.39, 0.29) is 0 Å². The number of hydrogen-bond acceptors (Lipinski definition) is 3. The van der Waals surface area contributed by atoms with Crippen molar-refractivity contribution >= 4 is 23.4 Å². The molecule has 3 heteroatoms. The molecule has 0 N–H and O–H groups in total. The van der Waals surface area contributed by atoms with Gasteiger partial charge in [-0.05, 0) is 29.0 Å². The minimum absolute atomic E-state index is 0.694. The van der Waals surface area contributed by atoms with Gasteiger partial charge in [0, 0.05) is 18.7 Å². The molecule has 94 valence electrons. The Kier molecular flexibility index (Phi) is 3.43. The minimum Gasteiger partial charge on any atom is -0.478 e. The molecule has 2 aromatic carbocycles. The Labute approximate surface area is 113 Å². The molecule has 0 unspecified atom stereocenters. The number of thiol groups is 1. The second-order valence-electron chi connectivity index (χ2n) is 4.67. The maximum absolute atomic E-state index is 5.84. The first-order valence-corrected chi connectivity index (χ1v) is 6.98. The fraction of sp³-hybridized carbons (Fsp3) is 0.333. The summed E-state index contributed by atoms with van der Waals surface area (Å²) in [6, 6.07) is 12.7. The first-order chi connectivity index (χ1) is 8.88. The maximum Gasteiger partial charge on any atom is 0.142 e. The summed E-state index contributed by atoms with van der Waals surface area (Å²) in [5, 5.41) is 2.60. The third kappa shape index (κ3) is 2.20. The van der Waals surface area contributed by atoms with E-state index in [4.69, 9.17) is 4.74 Å². The van der Waals surface area contributed by atoms with Crippen molar-refractivity contribution in [3.8, 4) is 5.75 Å². The van der Waals surface area contributed by atoms with E-state index >= 15 is 0 Å². The van der Waals surface area contributed by atoms with Crippen LogP contribution < -0.4 is 4.74 Å². The van der Waals surface area contributed by atoms with Gasteiger partial charge in [0.15, 0.2) is 0 Å². The molecule has 0 fully saturated rings. The van der Waals surface area contributed by atoms with Gasteiger partial charge in [-0.3, -0.25) is 4.90 Å². The molecular weight excluding hydrogens is 242 g/mol. The summed E-state index contributed by atoms with van der Waals surface area (Å²) in [6.45, 7) is 2.72. The number of hydrogen-bond donors (Lipinski definition) is 1. The van der Waals surface area contributed by atoms with Gasteiger partial charge in [0.2, 0.25) is 0 Å². The van der Waals surface area contributed by atoms with Gasteiger partial charge < -0.3 is 4.74 Å². The number of nitrogens with zero attached hydrogens (tertiary/aromatic N) is 1. The van der Waals surface area contributed by atoms with Crippen molar-refractivity contribution in [1.82, 2.24) is 4.90 Å². The molecule has 0 aromatic heterocycles. The molecule has 0 aliphatic carbocycles. The summed E-state index contributed by atoms with van der Waals surface area (Å²) in [4.78, 5) is 2.34. The maximum atomic E-state index is 5.84. The van der Waals surface area contributed by atoms with Crippen LogP contribution in [0.5, 0.6) is 5.75 Å². The molecule has 0 saturated carbocycles. The highest BCUT2D eigenvalue weighted by Crippen LogP contribution is 2.32. The van der Waals surface area contributed by atoms with E-state index in [1.807, 2.05) is 0 Å². The van der Waals surface area contributed by atoms with Crippen LogP contribution in [0.4, 0.5) is 0 Å². The fourth-order valence-electron chi connectivity index (χ4n) is 2.48. The van der Waals surface area contributed by atoms with Gasteiger partial charge in [0.25, 0.3) is 0 Å². The molecule has 0 spiro atoms. The van der Waals surface area contributed by atoms with Crippen molar-refractivity contribution in [3.05, 3.63) is 42.0 Å². The van der Waals surface area contributed by atoms with Crippen LogP contribution in [-0.4, -0.2) is 23.9 Å². The van der Waals surface area contributed by atoms with Crippen molar-refractivity contribution in [3.63, 3.8) is 0 Å². The Balaban J connectivity index is 1.95. The third-order valence-electron chi connectivity index (χ3n) is 3.41. The number of rotatable bonds is 3. The molecule has 1 aliphatic rings. The summed E-state index contributed by atoms with van der Waals surface area (Å²) in [7, 11) is 0. The summed E-state index contributed by atoms with van der Waals surface area (Å²) in [5.41, 5.74) is 1.32. The molecule has 0 saturated heterocycles. The van der Waals surface area contributed by atoms with Crippen LogP contribution >= 0.6 is 12.6 Å². The quantitative estimate of drug-likeness (QED) is 0.849. The first kappa shape index (κ1) is 11.9. The second kappa shape index (κ2) is 5.21. The van der Waals surface area contributed by atoms with E-state index in [0.29, 0.717) is 6.73 Å². The van der Waals surface area contributed by atoms with Crippen molar-refractivity contribution in [2.24, 2.45) is 0 Å². The van der Waals surface area contributed by atoms with Gasteiger partial charge in [-0.2, -0.15) is 12.6 Å². The van der Waals surface area contributed by atoms with Crippen LogP contribution in [0, 0.1) is 0 Å². The van der Waals surface area contributed by atoms with E-state index in [1.165, 1.54) is 16.3 Å². The second-order valence-corrected chi connectivity index (χ2v) is 5.11. The lowest BCUT2D eigenvalue weighted by Gasteiger charge is -2.29. The first-order valence-electron chi connectivity index (χ1n) is 6.35. The minimum atomic E-state index is 0.694. The molecule has 0 atom stereocenters. The SMILES string of the molecule is SCCCN1COc2ccc3ccccc3c2C1. The van der Waals surface area contributed by atoms with Crippen LogP contribution in [0.1, 0.15) is 12.0 Å². The van der Waals surface area contributed by atoms with Crippen molar-refractivity contribution < 1.29 is 4.74 Å². The molecule has 1 heterocycles. The van der Waals surface area contributed by atoms with Gasteiger partial charge in [0.05, 0.1) is 0 Å². The van der Waals surface area contributed by atoms with Gasteiger partial charge >= 0.3 is 0 Å². The highest BCUT2D eigenvalue weighted by atomic mass is 32.1. The topological polar surface area (TPSA) is 12.5 Å². The fourth-order valence-corrected chi connectivity index (χ4v) is 2.62. The van der Waals surface area contributed by atoms with E-state index in [2.05, 4.69) is 53.9 Å². The van der Waals surface area contributed by atoms with Crippen molar-refractivity contribution in [2.45, 2.75) is 13.0 Å². The standard InChI is InChI=1S/C15H17NOS/c18-9-3-8-16-10-14-13-5-2-1-4-12(13)6-7-15(14)17-11-16/h1-2,4-7,18H,3,8-11H2. The van der Waals surface area contributed by atoms with Crippen LogP contribution in [0.25, 0.3) is 10.8 Å². The molecule has 2 nitrogen and oxygen atoms in total. The predicted octanol–water partition coefficient (Wildman–Crippen LogP) is 3.31. The van der Waals surface area contributed by atoms with Crippen LogP contribution in [0.2, 0.25) is 0 Å². The average Bonchev–Trinajstić information content (AvgIpc) is 2.45. The van der Waals surface area contributed by atoms with Gasteiger partial charge in [-0.15, -0.1) is 0 Å². The molecule has 2 aromatic rings. The van der Waals surface area contributed by atoms with Crippen molar-refractivity contribution in [2.75, 3.05) is 19.0 Å². The predicted molar refractivity (Wildman–Crippen MR) is 78.3 cm³/mol. The highest BCUT2D eigenvalue weighted by Gasteiger charge is 2.18. The zero-order valence-corrected chi connectivity index (χ0v) is 11.2. The van der Waals surface area contributed by atoms with Crippen molar-refractivity contribution in [1.29, 1.82) is 0 Å². The van der Waals surface area contributed by atoms with Gasteiger partial charge in [-0.25, -0.2) is 0 Å². The summed E-state index contributed by atoms with van der Waals surface area (Å²) in [6.07, 6.45) is 1.10. The Bertz CT molecular complexity index is 555. The van der Waals surface area contributed by atoms with Gasteiger partial charge in [-0.1, -0.05) is 30.3 Å². The van der Waals surface area contributed by atoms with E-state index < -0.39 is 0 Å². The molecule has 0 radical (unpaired) electrons. The average molecular weight is 259 g/mol. The van der Waals surface area contributed by atoms with E-state index in [9.17, 15) is 0 Å². The molecule has 0 amide bonds. The van der Waals surface area contributed by atoms with E-state index in [0.717, 1.165) is 31.0 Å². The molecular formula is C15H17NOS. The highest BCUT2D eigenvalue weighted by molar-refractivity contribution is 7.80. The van der Waals surface area contributed by atoms with Crippen LogP contribution in [0.3, 0.4) is 0 Å². The zero-order chi connectivity index (χ0) is 12.4. The number of benzene rings is 2. The van der Waals surface area contributed by atoms with Gasteiger partial charge in [0.1, 0.15) is 12.5 Å². The Morgan fingerprint density at radius 2 is 2.06 bits per heavy atom. The lowest BCUT2D eigenvalue weighted by atomic mass is 10.0. The van der Waals surface area contributed by atoms with E-state index in [1.54, 1.807) is 0 Å². The van der Waals surface area contributed by atoms with Crippen LogP contribution in [0.15, 0.2) is 36.4 Å². The lowest BCUT2D eigenvalue weighted by molar-refractivity contribution is 0.0968. The monoisotopic (exact) mass is 259 g/mol. The zero-order valence-electron chi connectivity index (χ0n) is 10.3. The molecule has 18 heavy (non-hydrogen) atoms. The molecule has 1 aliphatic heterocycles. The summed E-state index contributed by atoms with van der Waals surface area (Å²) in [5.74, 6) is 1.97. The van der Waals surface area contributed by atoms with Crippen LogP contribution in [-0.2, 0) is 6.54 Å². The smallest absolute Gasteiger partial charge is 0.142 e. The Morgan fingerprint density at radius 1 is 1.17 bits per heavy atom. The number of fused-ring (bicyclic) bond motifs is 3. The lowest BCUT2D eigenvalue weighted by Crippen LogP contribution is -2.33.